The Balaban J connectivity index is 3.60. The number of hydrogen-bond acceptors (Lipinski definition) is 4. The van der Waals surface area contributed by atoms with Gasteiger partial charge in [-0.1, -0.05) is 0 Å². The van der Waals surface area contributed by atoms with Crippen LogP contribution in [-0.4, -0.2) is 30.2 Å². The highest BCUT2D eigenvalue weighted by atomic mass is 16.5. The summed E-state index contributed by atoms with van der Waals surface area (Å²) < 4.78 is 4.29. The number of aliphatic carboxylic acids is 1. The number of carboxylic acid groups (broad SMARTS) is 1. The summed E-state index contributed by atoms with van der Waals surface area (Å²) in [6.45, 7) is 0. The molecule has 0 bridgehead atoms. The number of esters is 1. The molecule has 0 aromatic heterocycles. The predicted molar refractivity (Wildman–Crippen MR) is 36.9 cm³/mol. The van der Waals surface area contributed by atoms with E-state index in [1.54, 1.807) is 0 Å². The number of methoxy groups -OCH3 is 1. The van der Waals surface area contributed by atoms with E-state index < -0.39 is 18.0 Å². The molecule has 0 aliphatic carbocycles. The predicted octanol–water partition coefficient (Wildman–Crippen LogP) is -0.648. The van der Waals surface area contributed by atoms with Crippen molar-refractivity contribution in [2.24, 2.45) is 5.73 Å². The lowest BCUT2D eigenvalue weighted by Crippen LogP contribution is -2.27. The van der Waals surface area contributed by atoms with Gasteiger partial charge in [-0.3, -0.25) is 9.59 Å². The Hall–Kier alpha value is -1.10. The summed E-state index contributed by atoms with van der Waals surface area (Å²) in [5, 5.41) is 8.24. The number of ether oxygens (including phenoxy) is 1. The van der Waals surface area contributed by atoms with Gasteiger partial charge in [0.1, 0.15) is 0 Å². The van der Waals surface area contributed by atoms with Crippen LogP contribution in [0, 0.1) is 0 Å². The van der Waals surface area contributed by atoms with E-state index in [2.05, 4.69) is 4.74 Å². The number of carbonyl (C=O) groups is 2. The lowest BCUT2D eigenvalue weighted by molar-refractivity contribution is -0.141. The van der Waals surface area contributed by atoms with Gasteiger partial charge in [0, 0.05) is 6.04 Å². The third-order valence-electron chi connectivity index (χ3n) is 1.09. The first kappa shape index (κ1) is 9.90. The van der Waals surface area contributed by atoms with Crippen LogP contribution in [0.5, 0.6) is 0 Å². The van der Waals surface area contributed by atoms with Gasteiger partial charge in [0.05, 0.1) is 20.0 Å². The third-order valence-corrected chi connectivity index (χ3v) is 1.09. The van der Waals surface area contributed by atoms with Gasteiger partial charge in [-0.05, 0) is 0 Å². The highest BCUT2D eigenvalue weighted by molar-refractivity contribution is 5.72. The molecule has 0 fully saturated rings. The van der Waals surface area contributed by atoms with Crippen molar-refractivity contribution in [1.29, 1.82) is 0 Å². The fourth-order valence-electron chi connectivity index (χ4n) is 0.594. The van der Waals surface area contributed by atoms with Gasteiger partial charge in [-0.15, -0.1) is 0 Å². The standard InChI is InChI=1S/C6H11NO4/c1-11-6(10)3-4(7)2-5(8)9/h4H,2-3,7H2,1H3,(H,8,9)/t4-/m0/s1. The van der Waals surface area contributed by atoms with Gasteiger partial charge >= 0.3 is 11.9 Å². The number of rotatable bonds is 4. The van der Waals surface area contributed by atoms with Crippen LogP contribution < -0.4 is 5.73 Å². The summed E-state index contributed by atoms with van der Waals surface area (Å²) in [4.78, 5) is 20.6. The molecule has 0 radical (unpaired) electrons. The average Bonchev–Trinajstić information content (AvgIpc) is 1.85. The molecule has 1 atom stereocenters. The van der Waals surface area contributed by atoms with E-state index in [-0.39, 0.29) is 12.8 Å². The van der Waals surface area contributed by atoms with Crippen LogP contribution in [0.4, 0.5) is 0 Å². The molecule has 0 aliphatic heterocycles. The number of carboxylic acids is 1. The highest BCUT2D eigenvalue weighted by Crippen LogP contribution is 1.95. The Bertz CT molecular complexity index is 157. The second kappa shape index (κ2) is 4.68. The molecule has 0 heterocycles. The molecule has 0 unspecified atom stereocenters. The van der Waals surface area contributed by atoms with Crippen molar-refractivity contribution in [3.63, 3.8) is 0 Å². The second-order valence-electron chi connectivity index (χ2n) is 2.14. The van der Waals surface area contributed by atoms with E-state index >= 15 is 0 Å². The Morgan fingerprint density at radius 3 is 2.45 bits per heavy atom. The minimum Gasteiger partial charge on any atom is -0.481 e. The van der Waals surface area contributed by atoms with Crippen LogP contribution in [-0.2, 0) is 14.3 Å². The third kappa shape index (κ3) is 5.35. The van der Waals surface area contributed by atoms with E-state index in [9.17, 15) is 9.59 Å². The van der Waals surface area contributed by atoms with Gasteiger partial charge in [-0.2, -0.15) is 0 Å². The van der Waals surface area contributed by atoms with E-state index in [0.717, 1.165) is 0 Å². The van der Waals surface area contributed by atoms with Crippen molar-refractivity contribution in [2.75, 3.05) is 7.11 Å². The molecular formula is C6H11NO4. The summed E-state index contributed by atoms with van der Waals surface area (Å²) in [7, 11) is 1.23. The lowest BCUT2D eigenvalue weighted by Gasteiger charge is -2.05. The van der Waals surface area contributed by atoms with Crippen LogP contribution in [0.1, 0.15) is 12.8 Å². The van der Waals surface area contributed by atoms with Crippen LogP contribution in [0.2, 0.25) is 0 Å². The molecule has 0 saturated heterocycles. The molecule has 3 N–H and O–H groups in total. The zero-order chi connectivity index (χ0) is 8.85. The van der Waals surface area contributed by atoms with E-state index in [1.165, 1.54) is 7.11 Å². The minimum atomic E-state index is -1.01. The van der Waals surface area contributed by atoms with E-state index in [1.807, 2.05) is 0 Å². The molecule has 0 aromatic carbocycles. The van der Waals surface area contributed by atoms with Gasteiger partial charge in [-0.25, -0.2) is 0 Å². The maximum Gasteiger partial charge on any atom is 0.307 e. The molecule has 0 aliphatic rings. The normalized spacial score (nSPS) is 12.2. The topological polar surface area (TPSA) is 89.6 Å². The second-order valence-corrected chi connectivity index (χ2v) is 2.14. The zero-order valence-corrected chi connectivity index (χ0v) is 6.24. The van der Waals surface area contributed by atoms with Gasteiger partial charge in [0.15, 0.2) is 0 Å². The maximum atomic E-state index is 10.5. The smallest absolute Gasteiger partial charge is 0.307 e. The summed E-state index contributed by atoms with van der Waals surface area (Å²) >= 11 is 0. The molecule has 0 spiro atoms. The van der Waals surface area contributed by atoms with Crippen molar-refractivity contribution in [2.45, 2.75) is 18.9 Å². The van der Waals surface area contributed by atoms with Crippen LogP contribution in [0.25, 0.3) is 0 Å². The summed E-state index contributed by atoms with van der Waals surface area (Å²) in [5.74, 6) is -1.50. The van der Waals surface area contributed by atoms with Gasteiger partial charge < -0.3 is 15.6 Å². The monoisotopic (exact) mass is 161 g/mol. The minimum absolute atomic E-state index is 0.0528. The molecule has 64 valence electrons. The Labute approximate surface area is 64.1 Å². The maximum absolute atomic E-state index is 10.5. The van der Waals surface area contributed by atoms with Crippen molar-refractivity contribution < 1.29 is 19.4 Å². The summed E-state index contributed by atoms with van der Waals surface area (Å²) in [5.41, 5.74) is 5.27. The molecule has 0 rings (SSSR count). The number of hydrogen-bond donors (Lipinski definition) is 2. The average molecular weight is 161 g/mol. The van der Waals surface area contributed by atoms with Crippen LogP contribution >= 0.6 is 0 Å². The van der Waals surface area contributed by atoms with Crippen molar-refractivity contribution in [3.05, 3.63) is 0 Å². The molecule has 5 nitrogen and oxygen atoms in total. The molecule has 0 saturated carbocycles. The molecule has 5 heteroatoms. The first-order chi connectivity index (χ1) is 5.06. The Morgan fingerprint density at radius 1 is 1.55 bits per heavy atom. The zero-order valence-electron chi connectivity index (χ0n) is 6.24. The first-order valence-electron chi connectivity index (χ1n) is 3.10. The van der Waals surface area contributed by atoms with Gasteiger partial charge in [0.2, 0.25) is 0 Å². The van der Waals surface area contributed by atoms with Gasteiger partial charge in [0.25, 0.3) is 0 Å². The largest absolute Gasteiger partial charge is 0.481 e. The fourth-order valence-corrected chi connectivity index (χ4v) is 0.594. The summed E-state index contributed by atoms with van der Waals surface area (Å²) in [6.07, 6.45) is -0.266. The molecule has 11 heavy (non-hydrogen) atoms. The van der Waals surface area contributed by atoms with Crippen molar-refractivity contribution in [3.8, 4) is 0 Å². The van der Waals surface area contributed by atoms with E-state index in [0.29, 0.717) is 0 Å². The Morgan fingerprint density at radius 2 is 2.09 bits per heavy atom. The SMILES string of the molecule is COC(=O)C[C@@H](N)CC(=O)O. The van der Waals surface area contributed by atoms with Crippen LogP contribution in [0.15, 0.2) is 0 Å². The first-order valence-corrected chi connectivity index (χ1v) is 3.10. The molecular weight excluding hydrogens is 150 g/mol. The Kier molecular flexibility index (Phi) is 4.21. The quantitative estimate of drug-likeness (QED) is 0.535. The van der Waals surface area contributed by atoms with Crippen LogP contribution in [0.3, 0.4) is 0 Å². The lowest BCUT2D eigenvalue weighted by atomic mass is 10.1. The number of nitrogens with two attached hydrogens (primary N) is 1. The van der Waals surface area contributed by atoms with Crippen molar-refractivity contribution in [1.82, 2.24) is 0 Å². The molecule has 0 amide bonds. The van der Waals surface area contributed by atoms with E-state index in [4.69, 9.17) is 10.8 Å². The highest BCUT2D eigenvalue weighted by Gasteiger charge is 2.12. The number of carbonyl (C=O) groups excluding carboxylic acids is 1. The summed E-state index contributed by atoms with van der Waals surface area (Å²) in [6, 6.07) is -0.653. The van der Waals surface area contributed by atoms with Crippen molar-refractivity contribution >= 4 is 11.9 Å². The molecule has 0 aromatic rings. The fraction of sp³-hybridized carbons (Fsp3) is 0.667.